The Morgan fingerprint density at radius 1 is 1.19 bits per heavy atom. The average molecular weight is 281 g/mol. The van der Waals surface area contributed by atoms with E-state index in [2.05, 4.69) is 10.4 Å². The number of para-hydroxylation sites is 3. The zero-order chi connectivity index (χ0) is 14.7. The van der Waals surface area contributed by atoms with Gasteiger partial charge in [0.1, 0.15) is 12.1 Å². The lowest BCUT2D eigenvalue weighted by atomic mass is 10.1. The molecule has 106 valence electrons. The van der Waals surface area contributed by atoms with Crippen LogP contribution in [0.1, 0.15) is 5.56 Å². The molecule has 1 heterocycles. The zero-order valence-corrected chi connectivity index (χ0v) is 11.6. The first kappa shape index (κ1) is 13.2. The fraction of sp³-hybridized carbons (Fsp3) is 0.125. The van der Waals surface area contributed by atoms with E-state index in [9.17, 15) is 4.79 Å². The number of hydrogen-bond acceptors (Lipinski definition) is 3. The highest BCUT2D eigenvalue weighted by Gasteiger charge is 2.09. The van der Waals surface area contributed by atoms with E-state index in [-0.39, 0.29) is 12.3 Å². The molecule has 0 bridgehead atoms. The van der Waals surface area contributed by atoms with Gasteiger partial charge in [-0.15, -0.1) is 0 Å². The van der Waals surface area contributed by atoms with Crippen LogP contribution in [0.3, 0.4) is 0 Å². The van der Waals surface area contributed by atoms with E-state index in [1.807, 2.05) is 48.5 Å². The minimum atomic E-state index is -0.123. The summed E-state index contributed by atoms with van der Waals surface area (Å²) in [6, 6.07) is 15.1. The van der Waals surface area contributed by atoms with Crippen LogP contribution in [0.5, 0.6) is 5.75 Å². The summed E-state index contributed by atoms with van der Waals surface area (Å²) in [5.41, 5.74) is 5.38. The van der Waals surface area contributed by atoms with Gasteiger partial charge in [-0.05, 0) is 18.2 Å². The predicted octanol–water partition coefficient (Wildman–Crippen LogP) is 2.36. The number of imidazole rings is 1. The molecule has 2 aromatic carbocycles. The number of hydrogen-bond donors (Lipinski definition) is 1. The van der Waals surface area contributed by atoms with Gasteiger partial charge in [-0.25, -0.2) is 9.66 Å². The highest BCUT2D eigenvalue weighted by Crippen LogP contribution is 2.18. The van der Waals surface area contributed by atoms with Crippen LogP contribution >= 0.6 is 0 Å². The van der Waals surface area contributed by atoms with Crippen molar-refractivity contribution in [3.05, 3.63) is 60.4 Å². The monoisotopic (exact) mass is 281 g/mol. The van der Waals surface area contributed by atoms with Crippen LogP contribution in [-0.2, 0) is 11.2 Å². The van der Waals surface area contributed by atoms with Crippen molar-refractivity contribution >= 4 is 16.9 Å². The maximum Gasteiger partial charge on any atom is 0.243 e. The molecule has 3 rings (SSSR count). The zero-order valence-electron chi connectivity index (χ0n) is 11.6. The number of methoxy groups -OCH3 is 1. The summed E-state index contributed by atoms with van der Waals surface area (Å²) >= 11 is 0. The molecule has 0 aliphatic heterocycles. The Bertz CT molecular complexity index is 780. The van der Waals surface area contributed by atoms with Crippen LogP contribution in [0, 0.1) is 0 Å². The third kappa shape index (κ3) is 2.72. The number of nitrogens with one attached hydrogen (secondary N) is 1. The van der Waals surface area contributed by atoms with Crippen molar-refractivity contribution in [2.24, 2.45) is 0 Å². The fourth-order valence-corrected chi connectivity index (χ4v) is 2.24. The summed E-state index contributed by atoms with van der Waals surface area (Å²) < 4.78 is 6.88. The maximum absolute atomic E-state index is 12.2. The van der Waals surface area contributed by atoms with Gasteiger partial charge in [-0.1, -0.05) is 30.3 Å². The average Bonchev–Trinajstić information content (AvgIpc) is 2.91. The number of benzene rings is 2. The SMILES string of the molecule is COc1ccccc1CC(=O)Nn1cnc2ccccc21. The van der Waals surface area contributed by atoms with Crippen LogP contribution in [0.15, 0.2) is 54.9 Å². The number of nitrogens with zero attached hydrogens (tertiary/aromatic N) is 2. The summed E-state index contributed by atoms with van der Waals surface area (Å²) in [5.74, 6) is 0.589. The van der Waals surface area contributed by atoms with Crippen molar-refractivity contribution in [1.29, 1.82) is 0 Å². The third-order valence-electron chi connectivity index (χ3n) is 3.24. The van der Waals surface area contributed by atoms with Gasteiger partial charge < -0.3 is 4.74 Å². The van der Waals surface area contributed by atoms with Crippen molar-refractivity contribution in [2.75, 3.05) is 12.5 Å². The van der Waals surface area contributed by atoms with Gasteiger partial charge in [0.05, 0.1) is 24.6 Å². The lowest BCUT2D eigenvalue weighted by molar-refractivity contribution is -0.116. The number of carbonyl (C=O) groups excluding carboxylic acids is 1. The van der Waals surface area contributed by atoms with Gasteiger partial charge in [-0.2, -0.15) is 0 Å². The summed E-state index contributed by atoms with van der Waals surface area (Å²) in [5, 5.41) is 0. The Hall–Kier alpha value is -2.82. The van der Waals surface area contributed by atoms with Crippen molar-refractivity contribution in [3.63, 3.8) is 0 Å². The molecular weight excluding hydrogens is 266 g/mol. The van der Waals surface area contributed by atoms with Gasteiger partial charge in [0.15, 0.2) is 0 Å². The molecule has 0 spiro atoms. The predicted molar refractivity (Wildman–Crippen MR) is 80.8 cm³/mol. The van der Waals surface area contributed by atoms with Gasteiger partial charge in [0.2, 0.25) is 5.91 Å². The molecule has 21 heavy (non-hydrogen) atoms. The molecule has 1 N–H and O–H groups in total. The van der Waals surface area contributed by atoms with Gasteiger partial charge in [0.25, 0.3) is 0 Å². The third-order valence-corrected chi connectivity index (χ3v) is 3.24. The quantitative estimate of drug-likeness (QED) is 0.798. The molecule has 0 aliphatic rings. The van der Waals surface area contributed by atoms with E-state index in [0.29, 0.717) is 5.75 Å². The van der Waals surface area contributed by atoms with E-state index < -0.39 is 0 Å². The van der Waals surface area contributed by atoms with Crippen LogP contribution in [-0.4, -0.2) is 22.7 Å². The molecule has 0 radical (unpaired) electrons. The number of ether oxygens (including phenoxy) is 1. The van der Waals surface area contributed by atoms with Crippen LogP contribution in [0.2, 0.25) is 0 Å². The van der Waals surface area contributed by atoms with Crippen molar-refractivity contribution in [2.45, 2.75) is 6.42 Å². The van der Waals surface area contributed by atoms with E-state index in [1.165, 1.54) is 0 Å². The van der Waals surface area contributed by atoms with Crippen LogP contribution < -0.4 is 10.2 Å². The first-order chi connectivity index (χ1) is 10.3. The summed E-state index contributed by atoms with van der Waals surface area (Å²) in [4.78, 5) is 16.4. The van der Waals surface area contributed by atoms with Crippen molar-refractivity contribution in [3.8, 4) is 5.75 Å². The minimum Gasteiger partial charge on any atom is -0.496 e. The molecule has 1 amide bonds. The normalized spacial score (nSPS) is 10.5. The summed E-state index contributed by atoms with van der Waals surface area (Å²) in [6.45, 7) is 0. The molecule has 0 atom stereocenters. The van der Waals surface area contributed by atoms with E-state index in [4.69, 9.17) is 4.74 Å². The number of carbonyl (C=O) groups is 1. The number of fused-ring (bicyclic) bond motifs is 1. The highest BCUT2D eigenvalue weighted by atomic mass is 16.5. The Balaban J connectivity index is 1.77. The van der Waals surface area contributed by atoms with Crippen molar-refractivity contribution in [1.82, 2.24) is 9.66 Å². The fourth-order valence-electron chi connectivity index (χ4n) is 2.24. The number of rotatable bonds is 4. The molecule has 0 fully saturated rings. The highest BCUT2D eigenvalue weighted by molar-refractivity contribution is 5.88. The number of aromatic nitrogens is 2. The molecule has 5 heteroatoms. The van der Waals surface area contributed by atoms with E-state index in [0.717, 1.165) is 16.6 Å². The lowest BCUT2D eigenvalue weighted by Crippen LogP contribution is -2.23. The minimum absolute atomic E-state index is 0.123. The molecule has 0 saturated carbocycles. The molecule has 0 aliphatic carbocycles. The smallest absolute Gasteiger partial charge is 0.243 e. The number of amides is 1. The van der Waals surface area contributed by atoms with E-state index in [1.54, 1.807) is 18.1 Å². The Labute approximate surface area is 122 Å². The van der Waals surface area contributed by atoms with Gasteiger partial charge in [0, 0.05) is 5.56 Å². The maximum atomic E-state index is 12.2. The Morgan fingerprint density at radius 2 is 1.95 bits per heavy atom. The molecule has 3 aromatic rings. The van der Waals surface area contributed by atoms with Gasteiger partial charge in [-0.3, -0.25) is 10.2 Å². The Morgan fingerprint density at radius 3 is 2.81 bits per heavy atom. The molecule has 0 saturated heterocycles. The first-order valence-electron chi connectivity index (χ1n) is 6.62. The summed E-state index contributed by atoms with van der Waals surface area (Å²) in [6.07, 6.45) is 1.85. The Kier molecular flexibility index (Phi) is 3.55. The van der Waals surface area contributed by atoms with Gasteiger partial charge >= 0.3 is 0 Å². The first-order valence-corrected chi connectivity index (χ1v) is 6.62. The standard InChI is InChI=1S/C16H15N3O2/c1-21-15-9-5-2-6-12(15)10-16(20)18-19-11-17-13-7-3-4-8-14(13)19/h2-9,11H,10H2,1H3,(H,18,20). The second-order valence-corrected chi connectivity index (χ2v) is 4.63. The second kappa shape index (κ2) is 5.66. The molecule has 5 nitrogen and oxygen atoms in total. The second-order valence-electron chi connectivity index (χ2n) is 4.63. The van der Waals surface area contributed by atoms with Crippen molar-refractivity contribution < 1.29 is 9.53 Å². The molecule has 1 aromatic heterocycles. The summed E-state index contributed by atoms with van der Waals surface area (Å²) in [7, 11) is 1.60. The van der Waals surface area contributed by atoms with Crippen LogP contribution in [0.25, 0.3) is 11.0 Å². The lowest BCUT2D eigenvalue weighted by Gasteiger charge is -2.09. The topological polar surface area (TPSA) is 56.1 Å². The van der Waals surface area contributed by atoms with Crippen LogP contribution in [0.4, 0.5) is 0 Å². The van der Waals surface area contributed by atoms with E-state index >= 15 is 0 Å². The largest absolute Gasteiger partial charge is 0.496 e. The molecular formula is C16H15N3O2. The molecule has 0 unspecified atom stereocenters.